The predicted octanol–water partition coefficient (Wildman–Crippen LogP) is 3.17. The zero-order valence-corrected chi connectivity index (χ0v) is 10.0. The Bertz CT molecular complexity index is 391. The first-order chi connectivity index (χ1) is 7.56. The van der Waals surface area contributed by atoms with Crippen LogP contribution >= 0.6 is 0 Å². The molecule has 0 fully saturated rings. The summed E-state index contributed by atoms with van der Waals surface area (Å²) < 4.78 is 2.03. The van der Waals surface area contributed by atoms with Crippen molar-refractivity contribution < 1.29 is 4.92 Å². The van der Waals surface area contributed by atoms with E-state index in [9.17, 15) is 10.1 Å². The van der Waals surface area contributed by atoms with Crippen LogP contribution in [0.15, 0.2) is 24.0 Å². The summed E-state index contributed by atoms with van der Waals surface area (Å²) >= 11 is 0. The van der Waals surface area contributed by atoms with Gasteiger partial charge in [-0.15, -0.1) is 0 Å². The molecule has 0 unspecified atom stereocenters. The van der Waals surface area contributed by atoms with Crippen LogP contribution in [0.25, 0.3) is 6.08 Å². The molecular weight excluding hydrogens is 204 g/mol. The standard InChI is InChI=1S/C12H18N2O2/c1-4-7-13-8-5-6-11(13)9-12(10(2)3)14(15)16/h5-6,8-10H,4,7H2,1-3H3/b12-9-. The number of nitrogens with zero attached hydrogens (tertiary/aromatic N) is 2. The molecule has 0 spiro atoms. The number of allylic oxidation sites excluding steroid dienone is 1. The smallest absolute Gasteiger partial charge is 0.250 e. The van der Waals surface area contributed by atoms with Crippen LogP contribution in [0.5, 0.6) is 0 Å². The Kier molecular flexibility index (Phi) is 4.28. The molecule has 0 N–H and O–H groups in total. The van der Waals surface area contributed by atoms with Gasteiger partial charge in [-0.1, -0.05) is 20.8 Å². The molecule has 0 aliphatic rings. The van der Waals surface area contributed by atoms with Gasteiger partial charge in [-0.2, -0.15) is 0 Å². The fourth-order valence-corrected chi connectivity index (χ4v) is 1.58. The van der Waals surface area contributed by atoms with E-state index in [2.05, 4.69) is 6.92 Å². The third-order valence-corrected chi connectivity index (χ3v) is 2.43. The second-order valence-electron chi connectivity index (χ2n) is 4.11. The summed E-state index contributed by atoms with van der Waals surface area (Å²) in [6.45, 7) is 6.65. The minimum absolute atomic E-state index is 0.0695. The summed E-state index contributed by atoms with van der Waals surface area (Å²) in [5.74, 6) is -0.0695. The van der Waals surface area contributed by atoms with E-state index in [0.717, 1.165) is 18.7 Å². The zero-order valence-electron chi connectivity index (χ0n) is 10.0. The van der Waals surface area contributed by atoms with Gasteiger partial charge in [0.2, 0.25) is 0 Å². The number of aromatic nitrogens is 1. The fraction of sp³-hybridized carbons (Fsp3) is 0.500. The maximum Gasteiger partial charge on any atom is 0.250 e. The number of hydrogen-bond acceptors (Lipinski definition) is 2. The van der Waals surface area contributed by atoms with Gasteiger partial charge >= 0.3 is 0 Å². The van der Waals surface area contributed by atoms with Crippen LogP contribution in [0.1, 0.15) is 32.9 Å². The number of rotatable bonds is 5. The molecule has 4 heteroatoms. The van der Waals surface area contributed by atoms with Gasteiger partial charge in [0.1, 0.15) is 0 Å². The molecule has 1 heterocycles. The third kappa shape index (κ3) is 2.95. The first-order valence-corrected chi connectivity index (χ1v) is 5.57. The van der Waals surface area contributed by atoms with E-state index < -0.39 is 0 Å². The second-order valence-corrected chi connectivity index (χ2v) is 4.11. The van der Waals surface area contributed by atoms with Crippen molar-refractivity contribution >= 4 is 6.08 Å². The van der Waals surface area contributed by atoms with Crippen LogP contribution in [0, 0.1) is 16.0 Å². The summed E-state index contributed by atoms with van der Waals surface area (Å²) in [6, 6.07) is 3.82. The van der Waals surface area contributed by atoms with E-state index in [-0.39, 0.29) is 16.5 Å². The second kappa shape index (κ2) is 5.49. The van der Waals surface area contributed by atoms with Gasteiger partial charge in [-0.05, 0) is 18.6 Å². The molecule has 0 saturated carbocycles. The Morgan fingerprint density at radius 3 is 2.81 bits per heavy atom. The van der Waals surface area contributed by atoms with E-state index in [0.29, 0.717) is 0 Å². The average Bonchev–Trinajstić information content (AvgIpc) is 2.61. The fourth-order valence-electron chi connectivity index (χ4n) is 1.58. The maximum absolute atomic E-state index is 10.9. The molecule has 0 aliphatic carbocycles. The van der Waals surface area contributed by atoms with Crippen LogP contribution in [-0.4, -0.2) is 9.49 Å². The Morgan fingerprint density at radius 1 is 1.62 bits per heavy atom. The van der Waals surface area contributed by atoms with Gasteiger partial charge in [-0.25, -0.2) is 0 Å². The van der Waals surface area contributed by atoms with E-state index in [4.69, 9.17) is 0 Å². The van der Waals surface area contributed by atoms with Gasteiger partial charge in [0, 0.05) is 30.4 Å². The molecule has 0 radical (unpaired) electrons. The normalized spacial score (nSPS) is 12.1. The van der Waals surface area contributed by atoms with E-state index in [1.807, 2.05) is 36.7 Å². The molecule has 4 nitrogen and oxygen atoms in total. The lowest BCUT2D eigenvalue weighted by atomic mass is 10.1. The molecule has 1 rings (SSSR count). The van der Waals surface area contributed by atoms with Crippen molar-refractivity contribution in [2.75, 3.05) is 0 Å². The summed E-state index contributed by atoms with van der Waals surface area (Å²) in [5.41, 5.74) is 1.17. The lowest BCUT2D eigenvalue weighted by Crippen LogP contribution is -2.06. The highest BCUT2D eigenvalue weighted by atomic mass is 16.6. The van der Waals surface area contributed by atoms with Crippen molar-refractivity contribution in [2.24, 2.45) is 5.92 Å². The molecule has 0 saturated heterocycles. The SMILES string of the molecule is CCCn1cccc1/C=C(/C(C)C)[N+](=O)[O-]. The van der Waals surface area contributed by atoms with Gasteiger partial charge in [0.05, 0.1) is 4.92 Å². The first kappa shape index (κ1) is 12.5. The van der Waals surface area contributed by atoms with Crippen molar-refractivity contribution in [2.45, 2.75) is 33.7 Å². The largest absolute Gasteiger partial charge is 0.348 e. The van der Waals surface area contributed by atoms with Crippen LogP contribution in [-0.2, 0) is 6.54 Å². The Morgan fingerprint density at radius 2 is 2.31 bits per heavy atom. The molecule has 0 aliphatic heterocycles. The van der Waals surface area contributed by atoms with Gasteiger partial charge in [0.15, 0.2) is 0 Å². The number of hydrogen-bond donors (Lipinski definition) is 0. The summed E-state index contributed by atoms with van der Waals surface area (Å²) in [4.78, 5) is 10.6. The van der Waals surface area contributed by atoms with Crippen LogP contribution in [0.4, 0.5) is 0 Å². The summed E-state index contributed by atoms with van der Waals surface area (Å²) in [5, 5.41) is 10.9. The van der Waals surface area contributed by atoms with Crippen molar-refractivity contribution in [1.29, 1.82) is 0 Å². The zero-order chi connectivity index (χ0) is 12.1. The van der Waals surface area contributed by atoms with Crippen molar-refractivity contribution in [3.63, 3.8) is 0 Å². The summed E-state index contributed by atoms with van der Waals surface area (Å²) in [7, 11) is 0. The third-order valence-electron chi connectivity index (χ3n) is 2.43. The highest BCUT2D eigenvalue weighted by Crippen LogP contribution is 2.16. The van der Waals surface area contributed by atoms with Crippen LogP contribution in [0.2, 0.25) is 0 Å². The number of nitro groups is 1. The molecule has 0 atom stereocenters. The lowest BCUT2D eigenvalue weighted by Gasteiger charge is -2.05. The van der Waals surface area contributed by atoms with Crippen molar-refractivity contribution in [1.82, 2.24) is 4.57 Å². The maximum atomic E-state index is 10.9. The van der Waals surface area contributed by atoms with Crippen LogP contribution < -0.4 is 0 Å². The van der Waals surface area contributed by atoms with Crippen molar-refractivity contribution in [3.05, 3.63) is 39.8 Å². The monoisotopic (exact) mass is 222 g/mol. The molecule has 0 amide bonds. The molecule has 0 bridgehead atoms. The topological polar surface area (TPSA) is 48.1 Å². The van der Waals surface area contributed by atoms with E-state index >= 15 is 0 Å². The van der Waals surface area contributed by atoms with Crippen LogP contribution in [0.3, 0.4) is 0 Å². The Hall–Kier alpha value is -1.58. The molecular formula is C12H18N2O2. The molecule has 88 valence electrons. The van der Waals surface area contributed by atoms with Crippen molar-refractivity contribution in [3.8, 4) is 0 Å². The summed E-state index contributed by atoms with van der Waals surface area (Å²) in [6.07, 6.45) is 4.64. The highest BCUT2D eigenvalue weighted by Gasteiger charge is 2.16. The van der Waals surface area contributed by atoms with E-state index in [1.165, 1.54) is 0 Å². The van der Waals surface area contributed by atoms with E-state index in [1.54, 1.807) is 6.08 Å². The Balaban J connectivity index is 3.03. The Labute approximate surface area is 95.7 Å². The lowest BCUT2D eigenvalue weighted by molar-refractivity contribution is -0.431. The van der Waals surface area contributed by atoms with Gasteiger partial charge in [0.25, 0.3) is 5.70 Å². The molecule has 16 heavy (non-hydrogen) atoms. The molecule has 1 aromatic rings. The molecule has 0 aromatic carbocycles. The average molecular weight is 222 g/mol. The minimum Gasteiger partial charge on any atom is -0.348 e. The minimum atomic E-state index is -0.298. The first-order valence-electron chi connectivity index (χ1n) is 5.57. The van der Waals surface area contributed by atoms with Gasteiger partial charge < -0.3 is 4.57 Å². The molecule has 1 aromatic heterocycles. The quantitative estimate of drug-likeness (QED) is 0.567. The number of aryl methyl sites for hydroxylation is 1. The predicted molar refractivity (Wildman–Crippen MR) is 64.5 cm³/mol. The highest BCUT2D eigenvalue weighted by molar-refractivity contribution is 5.48. The van der Waals surface area contributed by atoms with Gasteiger partial charge in [-0.3, -0.25) is 10.1 Å².